The maximum Gasteiger partial charge on any atom is 0.239 e. The number of halogens is 3. The molecule has 4 nitrogen and oxygen atoms in total. The SMILES string of the molecule is CC(C)(CNC(=O)C1COCCN1)c1c(Cl)cccc1Cl.Cl. The first-order valence-electron chi connectivity index (χ1n) is 6.95. The molecule has 1 saturated heterocycles. The molecule has 0 saturated carbocycles. The van der Waals surface area contributed by atoms with Crippen molar-refractivity contribution in [3.8, 4) is 0 Å². The van der Waals surface area contributed by atoms with E-state index in [-0.39, 0.29) is 29.8 Å². The molecule has 22 heavy (non-hydrogen) atoms. The molecule has 7 heteroatoms. The van der Waals surface area contributed by atoms with Crippen molar-refractivity contribution in [2.24, 2.45) is 0 Å². The predicted molar refractivity (Wildman–Crippen MR) is 92.4 cm³/mol. The number of nitrogens with one attached hydrogen (secondary N) is 2. The molecule has 0 radical (unpaired) electrons. The maximum absolute atomic E-state index is 12.1. The monoisotopic (exact) mass is 366 g/mol. The molecule has 0 bridgehead atoms. The maximum atomic E-state index is 12.1. The smallest absolute Gasteiger partial charge is 0.239 e. The fraction of sp³-hybridized carbons (Fsp3) is 0.533. The zero-order chi connectivity index (χ0) is 15.5. The first kappa shape index (κ1) is 19.5. The Balaban J connectivity index is 0.00000242. The lowest BCUT2D eigenvalue weighted by Gasteiger charge is -2.29. The summed E-state index contributed by atoms with van der Waals surface area (Å²) in [6.45, 7) is 6.20. The summed E-state index contributed by atoms with van der Waals surface area (Å²) in [6.07, 6.45) is 0. The lowest BCUT2D eigenvalue weighted by Crippen LogP contribution is -2.52. The van der Waals surface area contributed by atoms with Crippen LogP contribution in [0.15, 0.2) is 18.2 Å². The van der Waals surface area contributed by atoms with Crippen LogP contribution in [0.2, 0.25) is 10.0 Å². The highest BCUT2D eigenvalue weighted by Gasteiger charge is 2.28. The average molecular weight is 368 g/mol. The quantitative estimate of drug-likeness (QED) is 0.860. The Labute approximate surface area is 147 Å². The molecule has 0 aromatic heterocycles. The fourth-order valence-corrected chi connectivity index (χ4v) is 3.31. The fourth-order valence-electron chi connectivity index (χ4n) is 2.40. The Kier molecular flexibility index (Phi) is 7.42. The molecule has 1 aliphatic rings. The second-order valence-corrected chi connectivity index (χ2v) is 6.59. The highest BCUT2D eigenvalue weighted by molar-refractivity contribution is 6.36. The van der Waals surface area contributed by atoms with Gasteiger partial charge >= 0.3 is 0 Å². The first-order valence-corrected chi connectivity index (χ1v) is 7.71. The van der Waals surface area contributed by atoms with E-state index in [0.717, 1.165) is 5.56 Å². The number of amides is 1. The summed E-state index contributed by atoms with van der Waals surface area (Å²) in [5, 5.41) is 7.30. The third-order valence-electron chi connectivity index (χ3n) is 3.58. The molecule has 1 aromatic carbocycles. The minimum absolute atomic E-state index is 0. The molecule has 0 spiro atoms. The highest BCUT2D eigenvalue weighted by atomic mass is 35.5. The van der Waals surface area contributed by atoms with Gasteiger partial charge in [0.15, 0.2) is 0 Å². The van der Waals surface area contributed by atoms with Crippen LogP contribution in [0.1, 0.15) is 19.4 Å². The van der Waals surface area contributed by atoms with Crippen molar-refractivity contribution in [2.75, 3.05) is 26.3 Å². The molecular formula is C15H21Cl3N2O2. The van der Waals surface area contributed by atoms with Gasteiger partial charge in [-0.25, -0.2) is 0 Å². The van der Waals surface area contributed by atoms with E-state index in [9.17, 15) is 4.79 Å². The van der Waals surface area contributed by atoms with Crippen LogP contribution in [0.25, 0.3) is 0 Å². The third-order valence-corrected chi connectivity index (χ3v) is 4.21. The topological polar surface area (TPSA) is 50.4 Å². The zero-order valence-corrected chi connectivity index (χ0v) is 14.9. The lowest BCUT2D eigenvalue weighted by molar-refractivity contribution is -0.126. The van der Waals surface area contributed by atoms with Gasteiger partial charge in [0.25, 0.3) is 0 Å². The molecule has 124 valence electrons. The van der Waals surface area contributed by atoms with Gasteiger partial charge in [-0.15, -0.1) is 12.4 Å². The number of rotatable bonds is 4. The van der Waals surface area contributed by atoms with Crippen LogP contribution in [0.3, 0.4) is 0 Å². The van der Waals surface area contributed by atoms with E-state index in [0.29, 0.717) is 36.3 Å². The molecule has 1 fully saturated rings. The van der Waals surface area contributed by atoms with Crippen LogP contribution in [0, 0.1) is 0 Å². The molecule has 2 rings (SSSR count). The van der Waals surface area contributed by atoms with E-state index in [4.69, 9.17) is 27.9 Å². The second-order valence-electron chi connectivity index (χ2n) is 5.78. The molecule has 1 unspecified atom stereocenters. The van der Waals surface area contributed by atoms with Crippen molar-refractivity contribution >= 4 is 41.5 Å². The van der Waals surface area contributed by atoms with Gasteiger partial charge in [0.05, 0.1) is 13.2 Å². The van der Waals surface area contributed by atoms with Gasteiger partial charge in [-0.05, 0) is 17.7 Å². The number of benzene rings is 1. The Bertz CT molecular complexity index is 497. The van der Waals surface area contributed by atoms with Crippen molar-refractivity contribution < 1.29 is 9.53 Å². The van der Waals surface area contributed by atoms with E-state index in [2.05, 4.69) is 10.6 Å². The van der Waals surface area contributed by atoms with Gasteiger partial charge in [0, 0.05) is 28.5 Å². The summed E-state index contributed by atoms with van der Waals surface area (Å²) in [5.74, 6) is -0.0639. The molecule has 1 aromatic rings. The molecule has 1 aliphatic heterocycles. The Hall–Kier alpha value is -0.520. The van der Waals surface area contributed by atoms with Crippen molar-refractivity contribution in [3.05, 3.63) is 33.8 Å². The summed E-state index contributed by atoms with van der Waals surface area (Å²) in [4.78, 5) is 12.1. The minimum Gasteiger partial charge on any atom is -0.378 e. The van der Waals surface area contributed by atoms with E-state index in [1.807, 2.05) is 32.0 Å². The standard InChI is InChI=1S/C15H20Cl2N2O2.ClH/c1-15(2,13-10(16)4-3-5-11(13)17)9-19-14(20)12-8-21-7-6-18-12;/h3-5,12,18H,6-9H2,1-2H3,(H,19,20);1H. The van der Waals surface area contributed by atoms with Crippen LogP contribution in [0.5, 0.6) is 0 Å². The number of hydrogen-bond acceptors (Lipinski definition) is 3. The molecule has 1 heterocycles. The summed E-state index contributed by atoms with van der Waals surface area (Å²) < 4.78 is 5.29. The third kappa shape index (κ3) is 4.74. The molecule has 0 aliphatic carbocycles. The molecule has 1 atom stereocenters. The minimum atomic E-state index is -0.361. The normalized spacial score (nSPS) is 18.5. The zero-order valence-electron chi connectivity index (χ0n) is 12.6. The number of hydrogen-bond donors (Lipinski definition) is 2. The molecule has 2 N–H and O–H groups in total. The number of ether oxygens (including phenoxy) is 1. The van der Waals surface area contributed by atoms with Gasteiger partial charge in [0.1, 0.15) is 6.04 Å². The van der Waals surface area contributed by atoms with Crippen LogP contribution in [-0.2, 0) is 14.9 Å². The average Bonchev–Trinajstić information content (AvgIpc) is 2.45. The van der Waals surface area contributed by atoms with Crippen molar-refractivity contribution in [1.29, 1.82) is 0 Å². The largest absolute Gasteiger partial charge is 0.378 e. The van der Waals surface area contributed by atoms with Crippen LogP contribution in [0.4, 0.5) is 0 Å². The van der Waals surface area contributed by atoms with E-state index < -0.39 is 0 Å². The van der Waals surface area contributed by atoms with Gasteiger partial charge in [-0.3, -0.25) is 4.79 Å². The van der Waals surface area contributed by atoms with Crippen LogP contribution < -0.4 is 10.6 Å². The highest BCUT2D eigenvalue weighted by Crippen LogP contribution is 2.35. The Morgan fingerprint density at radius 1 is 1.41 bits per heavy atom. The second kappa shape index (κ2) is 8.37. The van der Waals surface area contributed by atoms with E-state index >= 15 is 0 Å². The summed E-state index contributed by atoms with van der Waals surface area (Å²) >= 11 is 12.5. The predicted octanol–water partition coefficient (Wildman–Crippen LogP) is 2.80. The number of carbonyl (C=O) groups is 1. The molecular weight excluding hydrogens is 347 g/mol. The summed E-state index contributed by atoms with van der Waals surface area (Å²) in [5.41, 5.74) is 0.488. The van der Waals surface area contributed by atoms with Crippen LogP contribution >= 0.6 is 35.6 Å². The Morgan fingerprint density at radius 3 is 2.59 bits per heavy atom. The lowest BCUT2D eigenvalue weighted by atomic mass is 9.84. The van der Waals surface area contributed by atoms with Crippen molar-refractivity contribution in [2.45, 2.75) is 25.3 Å². The first-order chi connectivity index (χ1) is 9.92. The summed E-state index contributed by atoms with van der Waals surface area (Å²) in [6, 6.07) is 5.13. The van der Waals surface area contributed by atoms with Gasteiger partial charge < -0.3 is 15.4 Å². The van der Waals surface area contributed by atoms with Crippen molar-refractivity contribution in [3.63, 3.8) is 0 Å². The molecule has 1 amide bonds. The van der Waals surface area contributed by atoms with E-state index in [1.54, 1.807) is 0 Å². The van der Waals surface area contributed by atoms with Gasteiger partial charge in [-0.2, -0.15) is 0 Å². The Morgan fingerprint density at radius 2 is 2.05 bits per heavy atom. The summed E-state index contributed by atoms with van der Waals surface area (Å²) in [7, 11) is 0. The van der Waals surface area contributed by atoms with Crippen LogP contribution in [-0.4, -0.2) is 38.3 Å². The number of morpholine rings is 1. The van der Waals surface area contributed by atoms with Crippen molar-refractivity contribution in [1.82, 2.24) is 10.6 Å². The van der Waals surface area contributed by atoms with Gasteiger partial charge in [-0.1, -0.05) is 43.1 Å². The number of carbonyl (C=O) groups excluding carboxylic acids is 1. The van der Waals surface area contributed by atoms with Gasteiger partial charge in [0.2, 0.25) is 5.91 Å². The van der Waals surface area contributed by atoms with E-state index in [1.165, 1.54) is 0 Å².